The van der Waals surface area contributed by atoms with E-state index in [1.165, 1.54) is 122 Å². The number of amides is 1. The van der Waals surface area contributed by atoms with Crippen molar-refractivity contribution in [2.24, 2.45) is 0 Å². The number of unbranched alkanes of at least 4 members (excludes halogenated alkanes) is 25. The van der Waals surface area contributed by atoms with Gasteiger partial charge in [0.05, 0.1) is 25.2 Å². The fourth-order valence-electron chi connectivity index (χ4n) is 8.10. The molecule has 6 nitrogen and oxygen atoms in total. The molecule has 3 unspecified atom stereocenters. The lowest BCUT2D eigenvalue weighted by molar-refractivity contribution is -0.151. The predicted molar refractivity (Wildman–Crippen MR) is 282 cm³/mol. The molecule has 0 fully saturated rings. The van der Waals surface area contributed by atoms with Gasteiger partial charge in [0.1, 0.15) is 6.10 Å². The molecule has 0 aromatic carbocycles. The summed E-state index contributed by atoms with van der Waals surface area (Å²) >= 11 is 0. The van der Waals surface area contributed by atoms with Crippen LogP contribution in [0.15, 0.2) is 72.9 Å². The zero-order valence-corrected chi connectivity index (χ0v) is 42.9. The van der Waals surface area contributed by atoms with Crippen LogP contribution in [0.4, 0.5) is 0 Å². The number of rotatable bonds is 49. The van der Waals surface area contributed by atoms with Gasteiger partial charge in [-0.2, -0.15) is 0 Å². The number of hydrogen-bond acceptors (Lipinski definition) is 5. The Kier molecular flexibility index (Phi) is 50.1. The van der Waals surface area contributed by atoms with Crippen LogP contribution >= 0.6 is 0 Å². The Morgan fingerprint density at radius 2 is 0.846 bits per heavy atom. The first-order valence-electron chi connectivity index (χ1n) is 27.7. The molecule has 6 heteroatoms. The van der Waals surface area contributed by atoms with E-state index >= 15 is 0 Å². The van der Waals surface area contributed by atoms with Gasteiger partial charge in [-0.05, 0) is 89.9 Å². The number of aliphatic hydroxyl groups excluding tert-OH is 2. The molecule has 65 heavy (non-hydrogen) atoms. The van der Waals surface area contributed by atoms with Crippen LogP contribution < -0.4 is 5.32 Å². The lowest BCUT2D eigenvalue weighted by Gasteiger charge is -2.24. The smallest absolute Gasteiger partial charge is 0.306 e. The van der Waals surface area contributed by atoms with Crippen LogP contribution in [-0.2, 0) is 14.3 Å². The standard InChI is InChI=1S/C59H105NO5/c1-4-7-10-13-16-19-22-25-27-29-30-33-35-38-41-44-47-50-55(65-59(64)52-49-46-43-40-37-32-24-21-18-15-12-9-6-3)53-58(63)60-56(54-61)57(62)51-48-45-42-39-36-34-31-28-26-23-20-17-14-11-8-5-2/h7,10,16,19,25,27,30,32-33,37-38,41,55-57,61-62H,4-6,8-9,11-15,17-18,20-24,26,28-29,31,34-36,39-40,42-54H2,1-3H3,(H,60,63)/b10-7-,19-16-,27-25-,33-30-,37-32-,41-38-. The van der Waals surface area contributed by atoms with E-state index in [9.17, 15) is 19.8 Å². The van der Waals surface area contributed by atoms with Gasteiger partial charge < -0.3 is 20.3 Å². The first-order valence-corrected chi connectivity index (χ1v) is 27.7. The molecule has 0 aliphatic carbocycles. The van der Waals surface area contributed by atoms with E-state index in [4.69, 9.17) is 4.74 Å². The monoisotopic (exact) mass is 908 g/mol. The molecule has 0 rings (SSSR count). The summed E-state index contributed by atoms with van der Waals surface area (Å²) in [5.74, 6) is -0.547. The molecule has 0 heterocycles. The number of carbonyl (C=O) groups excluding carboxylic acids is 2. The molecule has 3 atom stereocenters. The van der Waals surface area contributed by atoms with Crippen LogP contribution in [0.2, 0.25) is 0 Å². The zero-order chi connectivity index (χ0) is 47.4. The predicted octanol–water partition coefficient (Wildman–Crippen LogP) is 17.0. The highest BCUT2D eigenvalue weighted by Crippen LogP contribution is 2.17. The number of hydrogen-bond donors (Lipinski definition) is 3. The van der Waals surface area contributed by atoms with Gasteiger partial charge in [-0.1, -0.05) is 235 Å². The summed E-state index contributed by atoms with van der Waals surface area (Å²) in [4.78, 5) is 26.2. The Morgan fingerprint density at radius 1 is 0.462 bits per heavy atom. The molecule has 0 bridgehead atoms. The lowest BCUT2D eigenvalue weighted by Crippen LogP contribution is -2.46. The second-order valence-electron chi connectivity index (χ2n) is 18.6. The summed E-state index contributed by atoms with van der Waals surface area (Å²) in [5.41, 5.74) is 0. The maximum absolute atomic E-state index is 13.2. The molecule has 0 spiro atoms. The molecule has 0 aromatic rings. The third-order valence-electron chi connectivity index (χ3n) is 12.3. The van der Waals surface area contributed by atoms with Crippen LogP contribution in [0.5, 0.6) is 0 Å². The Morgan fingerprint density at radius 3 is 1.31 bits per heavy atom. The Hall–Kier alpha value is -2.70. The molecule has 0 radical (unpaired) electrons. The van der Waals surface area contributed by atoms with E-state index in [1.54, 1.807) is 0 Å². The first kappa shape index (κ1) is 62.3. The van der Waals surface area contributed by atoms with Gasteiger partial charge in [-0.25, -0.2) is 0 Å². The fourth-order valence-corrected chi connectivity index (χ4v) is 8.10. The van der Waals surface area contributed by atoms with Gasteiger partial charge >= 0.3 is 5.97 Å². The minimum absolute atomic E-state index is 0.0308. The molecule has 0 aliphatic rings. The van der Waals surface area contributed by atoms with Crippen molar-refractivity contribution < 1.29 is 24.5 Å². The summed E-state index contributed by atoms with van der Waals surface area (Å²) in [6, 6.07) is -0.726. The van der Waals surface area contributed by atoms with Gasteiger partial charge in [0.25, 0.3) is 0 Å². The lowest BCUT2D eigenvalue weighted by atomic mass is 10.0. The van der Waals surface area contributed by atoms with Crippen LogP contribution in [0.25, 0.3) is 0 Å². The van der Waals surface area contributed by atoms with Crippen LogP contribution in [0, 0.1) is 0 Å². The van der Waals surface area contributed by atoms with E-state index in [2.05, 4.69) is 99.0 Å². The highest BCUT2D eigenvalue weighted by molar-refractivity contribution is 5.77. The molecular weight excluding hydrogens is 803 g/mol. The average molecular weight is 908 g/mol. The van der Waals surface area contributed by atoms with Gasteiger partial charge in [0.2, 0.25) is 5.91 Å². The van der Waals surface area contributed by atoms with Crippen molar-refractivity contribution in [3.8, 4) is 0 Å². The van der Waals surface area contributed by atoms with Crippen molar-refractivity contribution in [1.82, 2.24) is 5.32 Å². The maximum Gasteiger partial charge on any atom is 0.306 e. The largest absolute Gasteiger partial charge is 0.462 e. The molecule has 3 N–H and O–H groups in total. The molecule has 0 saturated carbocycles. The van der Waals surface area contributed by atoms with Crippen LogP contribution in [0.1, 0.15) is 265 Å². The van der Waals surface area contributed by atoms with Gasteiger partial charge in [-0.15, -0.1) is 0 Å². The van der Waals surface area contributed by atoms with E-state index < -0.39 is 18.2 Å². The minimum atomic E-state index is -0.808. The van der Waals surface area contributed by atoms with Gasteiger partial charge in [0.15, 0.2) is 0 Å². The van der Waals surface area contributed by atoms with E-state index in [-0.39, 0.29) is 24.9 Å². The summed E-state index contributed by atoms with van der Waals surface area (Å²) in [5, 5.41) is 23.8. The van der Waals surface area contributed by atoms with E-state index in [0.29, 0.717) is 19.3 Å². The zero-order valence-electron chi connectivity index (χ0n) is 42.9. The number of allylic oxidation sites excluding steroid dienone is 12. The highest BCUT2D eigenvalue weighted by atomic mass is 16.5. The third kappa shape index (κ3) is 47.6. The highest BCUT2D eigenvalue weighted by Gasteiger charge is 2.24. The molecule has 1 amide bonds. The topological polar surface area (TPSA) is 95.9 Å². The molecule has 0 aliphatic heterocycles. The normalized spacial score (nSPS) is 13.7. The summed E-state index contributed by atoms with van der Waals surface area (Å²) in [7, 11) is 0. The number of carbonyl (C=O) groups is 2. The number of nitrogens with one attached hydrogen (secondary N) is 1. The van der Waals surface area contributed by atoms with Crippen molar-refractivity contribution >= 4 is 11.9 Å². The van der Waals surface area contributed by atoms with Gasteiger partial charge in [-0.3, -0.25) is 9.59 Å². The molecule has 376 valence electrons. The molecule has 0 aromatic heterocycles. The average Bonchev–Trinajstić information content (AvgIpc) is 3.30. The van der Waals surface area contributed by atoms with Gasteiger partial charge in [0, 0.05) is 6.42 Å². The maximum atomic E-state index is 13.2. The van der Waals surface area contributed by atoms with E-state index in [0.717, 1.165) is 96.3 Å². The summed E-state index contributed by atoms with van der Waals surface area (Å²) in [6.07, 6.45) is 66.8. The van der Waals surface area contributed by atoms with E-state index in [1.807, 2.05) is 0 Å². The molecule has 0 saturated heterocycles. The Labute approximate surface area is 402 Å². The number of esters is 1. The number of aliphatic hydroxyl groups is 2. The van der Waals surface area contributed by atoms with Crippen molar-refractivity contribution in [3.63, 3.8) is 0 Å². The first-order chi connectivity index (χ1) is 32.0. The Balaban J connectivity index is 4.67. The van der Waals surface area contributed by atoms with Crippen molar-refractivity contribution in [1.29, 1.82) is 0 Å². The second kappa shape index (κ2) is 52.3. The van der Waals surface area contributed by atoms with Crippen LogP contribution in [0.3, 0.4) is 0 Å². The summed E-state index contributed by atoms with van der Waals surface area (Å²) < 4.78 is 5.91. The quantitative estimate of drug-likeness (QED) is 0.0321. The SMILES string of the molecule is CC/C=C\C/C=C\C/C=C\C/C=C\C/C=C\CCCC(CC(=O)NC(CO)C(O)CCCCCCCCCCCCCCCCCC)OC(=O)CCCCC/C=C\CCCCCCCC. The Bertz CT molecular complexity index is 1200. The minimum Gasteiger partial charge on any atom is -0.462 e. The number of ether oxygens (including phenoxy) is 1. The van der Waals surface area contributed by atoms with Crippen LogP contribution in [-0.4, -0.2) is 46.9 Å². The third-order valence-corrected chi connectivity index (χ3v) is 12.3. The summed E-state index contributed by atoms with van der Waals surface area (Å²) in [6.45, 7) is 6.36. The fraction of sp³-hybridized carbons (Fsp3) is 0.763. The van der Waals surface area contributed by atoms with Crippen molar-refractivity contribution in [2.75, 3.05) is 6.61 Å². The molecular formula is C59H105NO5. The van der Waals surface area contributed by atoms with Crippen molar-refractivity contribution in [3.05, 3.63) is 72.9 Å². The van der Waals surface area contributed by atoms with Crippen molar-refractivity contribution in [2.45, 2.75) is 283 Å². The second-order valence-corrected chi connectivity index (χ2v) is 18.6.